The highest BCUT2D eigenvalue weighted by Crippen LogP contribution is 2.22. The Hall–Kier alpha value is -0.0800. The summed E-state index contributed by atoms with van der Waals surface area (Å²) >= 11 is 0. The molecule has 2 heteroatoms. The van der Waals surface area contributed by atoms with E-state index < -0.39 is 0 Å². The molecule has 1 rings (SSSR count). The van der Waals surface area contributed by atoms with Gasteiger partial charge in [-0.2, -0.15) is 0 Å². The molecular formula is C13H30N2+2. The molecule has 90 valence electrons. The summed E-state index contributed by atoms with van der Waals surface area (Å²) in [6.07, 6.45) is 4.32. The van der Waals surface area contributed by atoms with Gasteiger partial charge in [-0.15, -0.1) is 0 Å². The Labute approximate surface area is 95.4 Å². The molecule has 1 saturated carbocycles. The Kier molecular flexibility index (Phi) is 4.60. The Balaban J connectivity index is 2.23. The van der Waals surface area contributed by atoms with Crippen molar-refractivity contribution in [1.82, 2.24) is 0 Å². The number of hydrogen-bond acceptors (Lipinski definition) is 0. The summed E-state index contributed by atoms with van der Waals surface area (Å²) in [6.45, 7) is 9.74. The highest BCUT2D eigenvalue weighted by molar-refractivity contribution is 4.71. The molecule has 0 bridgehead atoms. The van der Waals surface area contributed by atoms with Crippen molar-refractivity contribution in [2.45, 2.75) is 46.1 Å². The third kappa shape index (κ3) is 4.98. The van der Waals surface area contributed by atoms with Crippen molar-refractivity contribution >= 4 is 0 Å². The van der Waals surface area contributed by atoms with E-state index in [0.717, 1.165) is 12.0 Å². The van der Waals surface area contributed by atoms with Crippen LogP contribution >= 0.6 is 0 Å². The average molecular weight is 214 g/mol. The Morgan fingerprint density at radius 3 is 2.40 bits per heavy atom. The maximum atomic E-state index is 2.60. The highest BCUT2D eigenvalue weighted by Gasteiger charge is 2.29. The fourth-order valence-electron chi connectivity index (χ4n) is 2.98. The number of hydrogen-bond donors (Lipinski definition) is 2. The van der Waals surface area contributed by atoms with Gasteiger partial charge in [-0.3, -0.25) is 0 Å². The third-order valence-electron chi connectivity index (χ3n) is 3.57. The van der Waals surface area contributed by atoms with Crippen LogP contribution in [0.3, 0.4) is 0 Å². The molecule has 0 heterocycles. The minimum absolute atomic E-state index is 0.477. The lowest BCUT2D eigenvalue weighted by Crippen LogP contribution is -3.08. The first kappa shape index (κ1) is 13.0. The second-order valence-corrected chi connectivity index (χ2v) is 6.67. The first-order chi connectivity index (χ1) is 6.89. The van der Waals surface area contributed by atoms with E-state index in [0.29, 0.717) is 5.41 Å². The maximum absolute atomic E-state index is 2.60. The van der Waals surface area contributed by atoms with Crippen LogP contribution < -0.4 is 10.2 Å². The molecule has 0 unspecified atom stereocenters. The predicted octanol–water partition coefficient (Wildman–Crippen LogP) is -0.0909. The topological polar surface area (TPSA) is 21.1 Å². The molecule has 0 spiro atoms. The number of quaternary nitrogens is 2. The van der Waals surface area contributed by atoms with E-state index >= 15 is 0 Å². The summed E-state index contributed by atoms with van der Waals surface area (Å²) < 4.78 is 0. The average Bonchev–Trinajstić information content (AvgIpc) is 2.46. The summed E-state index contributed by atoms with van der Waals surface area (Å²) in [6, 6.07) is 0.913. The van der Waals surface area contributed by atoms with E-state index in [1.807, 2.05) is 0 Å². The van der Waals surface area contributed by atoms with E-state index in [1.165, 1.54) is 32.4 Å². The normalized spacial score (nSPS) is 27.6. The zero-order valence-corrected chi connectivity index (χ0v) is 11.3. The van der Waals surface area contributed by atoms with Gasteiger partial charge in [0.1, 0.15) is 0 Å². The van der Waals surface area contributed by atoms with Gasteiger partial charge < -0.3 is 10.2 Å². The van der Waals surface area contributed by atoms with Crippen molar-refractivity contribution in [2.24, 2.45) is 11.3 Å². The molecule has 0 radical (unpaired) electrons. The van der Waals surface area contributed by atoms with Crippen LogP contribution in [0, 0.1) is 11.3 Å². The molecule has 1 fully saturated rings. The lowest BCUT2D eigenvalue weighted by molar-refractivity contribution is -0.869. The molecule has 0 aromatic heterocycles. The minimum atomic E-state index is 0.477. The van der Waals surface area contributed by atoms with Crippen molar-refractivity contribution in [1.29, 1.82) is 0 Å². The van der Waals surface area contributed by atoms with Gasteiger partial charge in [0.15, 0.2) is 0 Å². The van der Waals surface area contributed by atoms with E-state index in [-0.39, 0.29) is 0 Å². The monoisotopic (exact) mass is 214 g/mol. The first-order valence-electron chi connectivity index (χ1n) is 6.51. The van der Waals surface area contributed by atoms with Crippen molar-refractivity contribution in [3.05, 3.63) is 0 Å². The van der Waals surface area contributed by atoms with E-state index in [1.54, 1.807) is 4.90 Å². The van der Waals surface area contributed by atoms with Crippen LogP contribution in [0.1, 0.15) is 40.0 Å². The van der Waals surface area contributed by atoms with Crippen LogP contribution in [-0.2, 0) is 0 Å². The molecule has 2 nitrogen and oxygen atoms in total. The molecule has 1 aliphatic carbocycles. The van der Waals surface area contributed by atoms with Crippen molar-refractivity contribution in [2.75, 3.05) is 27.2 Å². The van der Waals surface area contributed by atoms with Crippen LogP contribution in [0.25, 0.3) is 0 Å². The summed E-state index contributed by atoms with van der Waals surface area (Å²) in [5.74, 6) is 0.967. The summed E-state index contributed by atoms with van der Waals surface area (Å²) in [7, 11) is 4.50. The minimum Gasteiger partial charge on any atom is -0.343 e. The Morgan fingerprint density at radius 2 is 1.93 bits per heavy atom. The van der Waals surface area contributed by atoms with Crippen LogP contribution in [0.2, 0.25) is 0 Å². The molecule has 15 heavy (non-hydrogen) atoms. The summed E-state index contributed by atoms with van der Waals surface area (Å²) in [5, 5.41) is 2.60. The van der Waals surface area contributed by atoms with Gasteiger partial charge in [-0.1, -0.05) is 6.92 Å². The van der Waals surface area contributed by atoms with Crippen LogP contribution in [0.5, 0.6) is 0 Å². The fourth-order valence-corrected chi connectivity index (χ4v) is 2.98. The Morgan fingerprint density at radius 1 is 1.27 bits per heavy atom. The molecule has 2 atom stereocenters. The molecule has 0 aromatic carbocycles. The van der Waals surface area contributed by atoms with Crippen molar-refractivity contribution < 1.29 is 10.2 Å². The van der Waals surface area contributed by atoms with Crippen LogP contribution in [0.15, 0.2) is 0 Å². The standard InChI is InChI=1S/C13H28N2/c1-11-6-7-12(8-11)14-9-13(2,3)10-15(4)5/h11-12,14H,6-10H2,1-5H3/p+2/t11-,12-/m0/s1. The molecule has 0 amide bonds. The van der Waals surface area contributed by atoms with Gasteiger partial charge in [0.05, 0.1) is 38.6 Å². The van der Waals surface area contributed by atoms with Crippen molar-refractivity contribution in [3.63, 3.8) is 0 Å². The van der Waals surface area contributed by atoms with Gasteiger partial charge in [0.25, 0.3) is 0 Å². The number of rotatable bonds is 5. The zero-order chi connectivity index (χ0) is 11.5. The first-order valence-corrected chi connectivity index (χ1v) is 6.51. The molecule has 0 aliphatic heterocycles. The molecule has 0 aromatic rings. The van der Waals surface area contributed by atoms with Gasteiger partial charge in [-0.25, -0.2) is 0 Å². The predicted molar refractivity (Wildman–Crippen MR) is 65.1 cm³/mol. The number of nitrogens with two attached hydrogens (primary N) is 1. The zero-order valence-electron chi connectivity index (χ0n) is 11.3. The summed E-state index contributed by atoms with van der Waals surface area (Å²) in [4.78, 5) is 1.56. The third-order valence-corrected chi connectivity index (χ3v) is 3.57. The second kappa shape index (κ2) is 5.31. The molecule has 1 aliphatic rings. The molecule has 3 N–H and O–H groups in total. The van der Waals surface area contributed by atoms with Gasteiger partial charge in [0.2, 0.25) is 0 Å². The van der Waals surface area contributed by atoms with Crippen LogP contribution in [-0.4, -0.2) is 33.2 Å². The lowest BCUT2D eigenvalue weighted by atomic mass is 9.92. The van der Waals surface area contributed by atoms with E-state index in [9.17, 15) is 0 Å². The van der Waals surface area contributed by atoms with Gasteiger partial charge in [0, 0.05) is 6.42 Å². The fraction of sp³-hybridized carbons (Fsp3) is 1.00. The smallest absolute Gasteiger partial charge is 0.0873 e. The van der Waals surface area contributed by atoms with Crippen molar-refractivity contribution in [3.8, 4) is 0 Å². The van der Waals surface area contributed by atoms with E-state index in [2.05, 4.69) is 40.2 Å². The quantitative estimate of drug-likeness (QED) is 0.638. The SMILES string of the molecule is C[C@H]1CC[C@H]([NH2+]CC(C)(C)C[NH+](C)C)C1. The van der Waals surface area contributed by atoms with Gasteiger partial charge in [-0.05, 0) is 32.6 Å². The highest BCUT2D eigenvalue weighted by atomic mass is 15.1. The molecular weight excluding hydrogens is 184 g/mol. The van der Waals surface area contributed by atoms with Crippen LogP contribution in [0.4, 0.5) is 0 Å². The van der Waals surface area contributed by atoms with Gasteiger partial charge >= 0.3 is 0 Å². The Bertz CT molecular complexity index is 187. The number of nitrogens with one attached hydrogen (secondary N) is 1. The van der Waals surface area contributed by atoms with E-state index in [4.69, 9.17) is 0 Å². The summed E-state index contributed by atoms with van der Waals surface area (Å²) in [5.41, 5.74) is 0.477. The maximum Gasteiger partial charge on any atom is 0.0873 e. The lowest BCUT2D eigenvalue weighted by Gasteiger charge is -2.25. The largest absolute Gasteiger partial charge is 0.343 e. The molecule has 0 saturated heterocycles. The second-order valence-electron chi connectivity index (χ2n) is 6.67.